The zero-order chi connectivity index (χ0) is 11.6. The highest BCUT2D eigenvalue weighted by Gasteiger charge is 2.48. The standard InChI is InChI=1S/C13H16O3/c1-10(14)13(7-8-16-12(13)15)9-11-5-3-2-4-6-11/h2-6,10,14H,7-9H2,1H3/t10-,13+/m0/s1. The Kier molecular flexibility index (Phi) is 2.97. The first kappa shape index (κ1) is 11.1. The van der Waals surface area contributed by atoms with Gasteiger partial charge in [-0.15, -0.1) is 0 Å². The third kappa shape index (κ3) is 1.83. The summed E-state index contributed by atoms with van der Waals surface area (Å²) < 4.78 is 5.00. The van der Waals surface area contributed by atoms with Crippen LogP contribution in [-0.4, -0.2) is 23.8 Å². The minimum Gasteiger partial charge on any atom is -0.465 e. The Bertz CT molecular complexity index is 372. The Hall–Kier alpha value is -1.35. The number of cyclic esters (lactones) is 1. The topological polar surface area (TPSA) is 46.5 Å². The third-order valence-corrected chi connectivity index (χ3v) is 3.35. The summed E-state index contributed by atoms with van der Waals surface area (Å²) >= 11 is 0. The number of hydrogen-bond acceptors (Lipinski definition) is 3. The van der Waals surface area contributed by atoms with Crippen LogP contribution in [0, 0.1) is 5.41 Å². The maximum absolute atomic E-state index is 11.8. The quantitative estimate of drug-likeness (QED) is 0.786. The summed E-state index contributed by atoms with van der Waals surface area (Å²) in [6.45, 7) is 2.08. The number of esters is 1. The lowest BCUT2D eigenvalue weighted by atomic mass is 9.76. The molecule has 1 aliphatic heterocycles. The second-order valence-electron chi connectivity index (χ2n) is 4.38. The van der Waals surface area contributed by atoms with E-state index in [4.69, 9.17) is 4.74 Å². The van der Waals surface area contributed by atoms with Crippen LogP contribution < -0.4 is 0 Å². The van der Waals surface area contributed by atoms with Gasteiger partial charge in [-0.2, -0.15) is 0 Å². The molecule has 0 amide bonds. The van der Waals surface area contributed by atoms with Gasteiger partial charge in [-0.3, -0.25) is 4.79 Å². The average Bonchev–Trinajstić information content (AvgIpc) is 2.63. The zero-order valence-corrected chi connectivity index (χ0v) is 9.35. The molecule has 0 bridgehead atoms. The van der Waals surface area contributed by atoms with Crippen LogP contribution in [0.25, 0.3) is 0 Å². The molecular formula is C13H16O3. The maximum atomic E-state index is 11.8. The van der Waals surface area contributed by atoms with Crippen LogP contribution in [0.4, 0.5) is 0 Å². The third-order valence-electron chi connectivity index (χ3n) is 3.35. The predicted octanol–water partition coefficient (Wildman–Crippen LogP) is 1.54. The first-order valence-corrected chi connectivity index (χ1v) is 5.54. The molecule has 0 spiro atoms. The number of carbonyl (C=O) groups excluding carboxylic acids is 1. The lowest BCUT2D eigenvalue weighted by Crippen LogP contribution is -2.39. The highest BCUT2D eigenvalue weighted by molar-refractivity contribution is 5.79. The molecule has 1 fully saturated rings. The zero-order valence-electron chi connectivity index (χ0n) is 9.35. The number of hydrogen-bond donors (Lipinski definition) is 1. The van der Waals surface area contributed by atoms with Crippen LogP contribution in [0.3, 0.4) is 0 Å². The van der Waals surface area contributed by atoms with Gasteiger partial charge in [-0.05, 0) is 18.9 Å². The minimum atomic E-state index is -0.749. The van der Waals surface area contributed by atoms with E-state index < -0.39 is 11.5 Å². The Balaban J connectivity index is 2.25. The van der Waals surface area contributed by atoms with Gasteiger partial charge in [0.05, 0.1) is 12.7 Å². The number of rotatable bonds is 3. The van der Waals surface area contributed by atoms with Crippen LogP contribution in [-0.2, 0) is 16.0 Å². The summed E-state index contributed by atoms with van der Waals surface area (Å²) in [5.41, 5.74) is 0.309. The van der Waals surface area contributed by atoms with E-state index in [1.807, 2.05) is 30.3 Å². The SMILES string of the molecule is C[C@H](O)[C@]1(Cc2ccccc2)CCOC1=O. The molecule has 2 rings (SSSR count). The molecule has 0 aromatic heterocycles. The molecule has 1 aromatic carbocycles. The van der Waals surface area contributed by atoms with Crippen LogP contribution >= 0.6 is 0 Å². The summed E-state index contributed by atoms with van der Waals surface area (Å²) in [6.07, 6.45) is 0.464. The molecule has 86 valence electrons. The molecule has 3 nitrogen and oxygen atoms in total. The Labute approximate surface area is 95.0 Å². The fraction of sp³-hybridized carbons (Fsp3) is 0.462. The van der Waals surface area contributed by atoms with Gasteiger partial charge in [-0.25, -0.2) is 0 Å². The largest absolute Gasteiger partial charge is 0.465 e. The van der Waals surface area contributed by atoms with Crippen molar-refractivity contribution < 1.29 is 14.6 Å². The summed E-state index contributed by atoms with van der Waals surface area (Å²) in [4.78, 5) is 11.8. The van der Waals surface area contributed by atoms with Crippen molar-refractivity contribution in [2.75, 3.05) is 6.61 Å². The molecule has 1 aliphatic rings. The summed E-state index contributed by atoms with van der Waals surface area (Å²) in [6, 6.07) is 9.74. The fourth-order valence-electron chi connectivity index (χ4n) is 2.22. The van der Waals surface area contributed by atoms with Crippen LogP contribution in [0.5, 0.6) is 0 Å². The fourth-order valence-corrected chi connectivity index (χ4v) is 2.22. The molecule has 2 atom stereocenters. The van der Waals surface area contributed by atoms with Gasteiger partial charge in [0.15, 0.2) is 0 Å². The predicted molar refractivity (Wildman–Crippen MR) is 59.8 cm³/mol. The molecule has 1 N–H and O–H groups in total. The summed E-state index contributed by atoms with van der Waals surface area (Å²) in [7, 11) is 0. The summed E-state index contributed by atoms with van der Waals surface area (Å²) in [5.74, 6) is -0.272. The van der Waals surface area contributed by atoms with Gasteiger partial charge < -0.3 is 9.84 Å². The Morgan fingerprint density at radius 1 is 1.44 bits per heavy atom. The Morgan fingerprint density at radius 3 is 2.62 bits per heavy atom. The van der Waals surface area contributed by atoms with Crippen molar-refractivity contribution in [3.05, 3.63) is 35.9 Å². The molecule has 3 heteroatoms. The highest BCUT2D eigenvalue weighted by Crippen LogP contribution is 2.37. The highest BCUT2D eigenvalue weighted by atomic mass is 16.5. The number of benzene rings is 1. The molecule has 0 radical (unpaired) electrons. The molecular weight excluding hydrogens is 204 g/mol. The van der Waals surface area contributed by atoms with Crippen molar-refractivity contribution >= 4 is 5.97 Å². The smallest absolute Gasteiger partial charge is 0.315 e. The molecule has 0 aliphatic carbocycles. The van der Waals surface area contributed by atoms with E-state index in [1.165, 1.54) is 0 Å². The van der Waals surface area contributed by atoms with E-state index in [1.54, 1.807) is 6.92 Å². The lowest BCUT2D eigenvalue weighted by Gasteiger charge is -2.27. The summed E-state index contributed by atoms with van der Waals surface area (Å²) in [5, 5.41) is 9.83. The van der Waals surface area contributed by atoms with Crippen molar-refractivity contribution in [3.63, 3.8) is 0 Å². The van der Waals surface area contributed by atoms with E-state index in [9.17, 15) is 9.90 Å². The number of ether oxygens (including phenoxy) is 1. The van der Waals surface area contributed by atoms with Crippen molar-refractivity contribution in [1.29, 1.82) is 0 Å². The number of aliphatic hydroxyl groups is 1. The first-order chi connectivity index (χ1) is 7.65. The van der Waals surface area contributed by atoms with Crippen LogP contribution in [0.15, 0.2) is 30.3 Å². The normalized spacial score (nSPS) is 26.5. The molecule has 1 saturated heterocycles. The van der Waals surface area contributed by atoms with Gasteiger partial charge in [-0.1, -0.05) is 30.3 Å². The van der Waals surface area contributed by atoms with E-state index in [-0.39, 0.29) is 5.97 Å². The van der Waals surface area contributed by atoms with Crippen molar-refractivity contribution in [2.24, 2.45) is 5.41 Å². The van der Waals surface area contributed by atoms with Gasteiger partial charge in [0, 0.05) is 6.42 Å². The maximum Gasteiger partial charge on any atom is 0.315 e. The van der Waals surface area contributed by atoms with Gasteiger partial charge in [0.25, 0.3) is 0 Å². The lowest BCUT2D eigenvalue weighted by molar-refractivity contribution is -0.151. The Morgan fingerprint density at radius 2 is 2.12 bits per heavy atom. The number of aliphatic hydroxyl groups excluding tert-OH is 1. The monoisotopic (exact) mass is 220 g/mol. The first-order valence-electron chi connectivity index (χ1n) is 5.54. The van der Waals surface area contributed by atoms with Crippen LogP contribution in [0.1, 0.15) is 18.9 Å². The van der Waals surface area contributed by atoms with Crippen molar-refractivity contribution in [2.45, 2.75) is 25.9 Å². The number of carbonyl (C=O) groups is 1. The second kappa shape index (κ2) is 4.26. The van der Waals surface area contributed by atoms with Gasteiger partial charge >= 0.3 is 5.97 Å². The van der Waals surface area contributed by atoms with E-state index in [0.717, 1.165) is 5.56 Å². The second-order valence-corrected chi connectivity index (χ2v) is 4.38. The van der Waals surface area contributed by atoms with Gasteiger partial charge in [0.1, 0.15) is 5.41 Å². The van der Waals surface area contributed by atoms with E-state index in [2.05, 4.69) is 0 Å². The van der Waals surface area contributed by atoms with Gasteiger partial charge in [0.2, 0.25) is 0 Å². The molecule has 16 heavy (non-hydrogen) atoms. The van der Waals surface area contributed by atoms with E-state index in [0.29, 0.717) is 19.4 Å². The van der Waals surface area contributed by atoms with Crippen molar-refractivity contribution in [1.82, 2.24) is 0 Å². The van der Waals surface area contributed by atoms with Crippen molar-refractivity contribution in [3.8, 4) is 0 Å². The average molecular weight is 220 g/mol. The molecule has 1 heterocycles. The minimum absolute atomic E-state index is 0.272. The van der Waals surface area contributed by atoms with Crippen LogP contribution in [0.2, 0.25) is 0 Å². The molecule has 0 saturated carbocycles. The van der Waals surface area contributed by atoms with E-state index >= 15 is 0 Å². The molecule has 0 unspecified atom stereocenters. The molecule has 1 aromatic rings.